The molecule has 4 aromatic rings. The lowest BCUT2D eigenvalue weighted by molar-refractivity contribution is -0.128. The number of rotatable bonds is 6. The van der Waals surface area contributed by atoms with Gasteiger partial charge >= 0.3 is 5.69 Å². The maximum Gasteiger partial charge on any atom is 0.334 e. The zero-order valence-electron chi connectivity index (χ0n) is 21.9. The summed E-state index contributed by atoms with van der Waals surface area (Å²) in [6.45, 7) is 0.499. The number of carbonyl (C=O) groups excluding carboxylic acids is 1. The molecule has 2 unspecified atom stereocenters. The van der Waals surface area contributed by atoms with E-state index >= 15 is 0 Å². The second kappa shape index (κ2) is 10.2. The highest BCUT2D eigenvalue weighted by molar-refractivity contribution is 5.97. The Hall–Kier alpha value is -4.98. The molecule has 0 radical (unpaired) electrons. The third kappa shape index (κ3) is 4.93. The number of imidazole rings is 1. The van der Waals surface area contributed by atoms with Gasteiger partial charge in [0.15, 0.2) is 0 Å². The molecule has 1 aliphatic carbocycles. The van der Waals surface area contributed by atoms with Crippen LogP contribution in [0.5, 0.6) is 11.5 Å². The van der Waals surface area contributed by atoms with E-state index < -0.39 is 23.8 Å². The number of ether oxygens (including phenoxy) is 1. The highest BCUT2D eigenvalue weighted by Gasteiger charge is 2.55. The van der Waals surface area contributed by atoms with Gasteiger partial charge in [-0.3, -0.25) is 13.9 Å². The Bertz CT molecular complexity index is 1760. The Kier molecular flexibility index (Phi) is 6.53. The summed E-state index contributed by atoms with van der Waals surface area (Å²) >= 11 is 0. The monoisotopic (exact) mass is 556 g/mol. The van der Waals surface area contributed by atoms with Crippen LogP contribution in [0.15, 0.2) is 83.3 Å². The molecule has 41 heavy (non-hydrogen) atoms. The van der Waals surface area contributed by atoms with Crippen LogP contribution in [0.25, 0.3) is 16.7 Å². The lowest BCUT2D eigenvalue weighted by Gasteiger charge is -2.33. The Labute approximate surface area is 233 Å². The molecule has 2 aliphatic rings. The van der Waals surface area contributed by atoms with Crippen LogP contribution in [0.1, 0.15) is 25.3 Å². The van der Waals surface area contributed by atoms with Crippen molar-refractivity contribution in [2.75, 3.05) is 18.8 Å². The van der Waals surface area contributed by atoms with Gasteiger partial charge in [-0.05, 0) is 55.3 Å². The first-order chi connectivity index (χ1) is 19.8. The number of nitriles is 1. The quantitative estimate of drug-likeness (QED) is 0.268. The highest BCUT2D eigenvalue weighted by atomic mass is 19.3. The number of halogens is 2. The summed E-state index contributed by atoms with van der Waals surface area (Å²) in [5.41, 5.74) is 7.16. The van der Waals surface area contributed by atoms with Crippen molar-refractivity contribution in [1.29, 1.82) is 5.26 Å². The van der Waals surface area contributed by atoms with Crippen LogP contribution >= 0.6 is 0 Å². The van der Waals surface area contributed by atoms with Crippen LogP contribution in [-0.4, -0.2) is 43.9 Å². The van der Waals surface area contributed by atoms with Crippen molar-refractivity contribution in [2.45, 2.75) is 31.2 Å². The second-order valence-corrected chi connectivity index (χ2v) is 10.3. The number of benzene rings is 2. The molecule has 2 atom stereocenters. The average Bonchev–Trinajstić information content (AvgIpc) is 3.46. The van der Waals surface area contributed by atoms with Crippen LogP contribution < -0.4 is 16.2 Å². The van der Waals surface area contributed by atoms with Crippen molar-refractivity contribution < 1.29 is 18.3 Å². The topological polar surface area (TPSA) is 119 Å². The number of nitrogens with zero attached hydrogens (tertiary/aromatic N) is 5. The van der Waals surface area contributed by atoms with Crippen molar-refractivity contribution >= 4 is 22.8 Å². The number of carbonyl (C=O) groups is 1. The van der Waals surface area contributed by atoms with Gasteiger partial charge in [-0.2, -0.15) is 5.26 Å². The second-order valence-electron chi connectivity index (χ2n) is 10.3. The number of amides is 1. The molecule has 2 aromatic heterocycles. The number of nitrogen functional groups attached to an aromatic ring is 1. The molecule has 0 spiro atoms. The fourth-order valence-corrected chi connectivity index (χ4v) is 5.36. The first-order valence-electron chi connectivity index (χ1n) is 13.3. The fourth-order valence-electron chi connectivity index (χ4n) is 5.36. The van der Waals surface area contributed by atoms with Gasteiger partial charge in [-0.15, -0.1) is 0 Å². The molecule has 208 valence electrons. The molecule has 9 nitrogen and oxygen atoms in total. The molecular weight excluding hydrogens is 530 g/mol. The number of hydrogen-bond donors (Lipinski definition) is 1. The van der Waals surface area contributed by atoms with E-state index in [0.29, 0.717) is 47.6 Å². The van der Waals surface area contributed by atoms with Crippen LogP contribution in [0, 0.1) is 17.2 Å². The maximum absolute atomic E-state index is 14.0. The van der Waals surface area contributed by atoms with Crippen LogP contribution in [0.2, 0.25) is 0 Å². The molecule has 0 bridgehead atoms. The van der Waals surface area contributed by atoms with Gasteiger partial charge < -0.3 is 15.4 Å². The van der Waals surface area contributed by atoms with Crippen LogP contribution in [0.3, 0.4) is 0 Å². The summed E-state index contributed by atoms with van der Waals surface area (Å²) in [6.07, 6.45) is 3.40. The summed E-state index contributed by atoms with van der Waals surface area (Å²) < 4.78 is 35.8. The Morgan fingerprint density at radius 3 is 2.51 bits per heavy atom. The Morgan fingerprint density at radius 2 is 1.83 bits per heavy atom. The number of anilines is 1. The van der Waals surface area contributed by atoms with Gasteiger partial charge in [-0.25, -0.2) is 18.6 Å². The predicted molar refractivity (Wildman–Crippen MR) is 148 cm³/mol. The number of hydrogen-bond acceptors (Lipinski definition) is 6. The summed E-state index contributed by atoms with van der Waals surface area (Å²) in [6, 6.07) is 19.4. The van der Waals surface area contributed by atoms with Crippen molar-refractivity contribution in [3.05, 3.63) is 89.0 Å². The van der Waals surface area contributed by atoms with E-state index in [2.05, 4.69) is 4.98 Å². The van der Waals surface area contributed by atoms with E-state index in [4.69, 9.17) is 10.5 Å². The van der Waals surface area contributed by atoms with Gasteiger partial charge in [0.25, 0.3) is 11.8 Å². The summed E-state index contributed by atoms with van der Waals surface area (Å²) in [5.74, 6) is -3.13. The number of piperidine rings is 1. The van der Waals surface area contributed by atoms with Gasteiger partial charge in [0.2, 0.25) is 0 Å². The highest BCUT2D eigenvalue weighted by Crippen LogP contribution is 2.50. The summed E-state index contributed by atoms with van der Waals surface area (Å²) in [7, 11) is 0. The molecule has 3 heterocycles. The lowest BCUT2D eigenvalue weighted by Crippen LogP contribution is -2.43. The van der Waals surface area contributed by atoms with Crippen LogP contribution in [0.4, 0.5) is 14.6 Å². The molecule has 2 fully saturated rings. The van der Waals surface area contributed by atoms with Crippen molar-refractivity contribution in [1.82, 2.24) is 19.0 Å². The third-order valence-corrected chi connectivity index (χ3v) is 7.53. The summed E-state index contributed by atoms with van der Waals surface area (Å²) in [4.78, 5) is 32.8. The molecule has 1 aliphatic heterocycles. The Balaban J connectivity index is 1.32. The molecule has 2 aromatic carbocycles. The van der Waals surface area contributed by atoms with Crippen molar-refractivity contribution in [3.63, 3.8) is 0 Å². The zero-order chi connectivity index (χ0) is 28.7. The zero-order valence-corrected chi connectivity index (χ0v) is 21.9. The van der Waals surface area contributed by atoms with E-state index in [0.717, 1.165) is 6.08 Å². The SMILES string of the molecule is N#C/C(=C\C1CC1(F)F)C(=O)N1CCCC(n2c(=O)n(-c3ccc(Oc4ccccc4)cc3)c3c(N)nccc32)C1. The first-order valence-corrected chi connectivity index (χ1v) is 13.3. The van der Waals surface area contributed by atoms with E-state index in [1.165, 1.54) is 15.7 Å². The number of fused-ring (bicyclic) bond motifs is 1. The number of allylic oxidation sites excluding steroid dienone is 1. The molecule has 11 heteroatoms. The standard InChI is InChI=1S/C30H26F2N6O3/c31-30(32)16-20(30)15-19(17-33)28(39)36-14-4-5-22(18-36)37-25-12-13-35-27(34)26(25)38(29(37)40)21-8-10-24(11-9-21)41-23-6-2-1-3-7-23/h1-3,6-13,15,20,22H,4-5,14,16,18H2,(H2,34,35)/b19-15+. The normalized spacial score (nSPS) is 20.0. The minimum absolute atomic E-state index is 0.143. The van der Waals surface area contributed by atoms with E-state index in [9.17, 15) is 23.6 Å². The molecular formula is C30H26F2N6O3. The van der Waals surface area contributed by atoms with Crippen molar-refractivity contribution in [3.8, 4) is 23.3 Å². The maximum atomic E-state index is 14.0. The minimum atomic E-state index is -2.87. The average molecular weight is 557 g/mol. The van der Waals surface area contributed by atoms with E-state index in [1.54, 1.807) is 41.0 Å². The number of nitrogens with two attached hydrogens (primary N) is 1. The van der Waals surface area contributed by atoms with Gasteiger partial charge in [0.05, 0.1) is 17.2 Å². The van der Waals surface area contributed by atoms with E-state index in [1.807, 2.05) is 30.3 Å². The van der Waals surface area contributed by atoms with Gasteiger partial charge in [-0.1, -0.05) is 24.3 Å². The van der Waals surface area contributed by atoms with Gasteiger partial charge in [0, 0.05) is 31.6 Å². The molecule has 6 rings (SSSR count). The number of para-hydroxylation sites is 1. The third-order valence-electron chi connectivity index (χ3n) is 7.53. The fraction of sp³-hybridized carbons (Fsp3) is 0.267. The van der Waals surface area contributed by atoms with Gasteiger partial charge in [0.1, 0.15) is 34.5 Å². The van der Waals surface area contributed by atoms with Crippen LogP contribution in [-0.2, 0) is 4.79 Å². The first kappa shape index (κ1) is 26.3. The lowest BCUT2D eigenvalue weighted by atomic mass is 10.0. The van der Waals surface area contributed by atoms with Crippen molar-refractivity contribution in [2.24, 2.45) is 5.92 Å². The molecule has 1 saturated carbocycles. The summed E-state index contributed by atoms with van der Waals surface area (Å²) in [5, 5.41) is 9.51. The molecule has 2 N–H and O–H groups in total. The molecule has 1 amide bonds. The smallest absolute Gasteiger partial charge is 0.334 e. The van der Waals surface area contributed by atoms with E-state index in [-0.39, 0.29) is 30.0 Å². The number of pyridine rings is 1. The predicted octanol–water partition coefficient (Wildman–Crippen LogP) is 4.83. The minimum Gasteiger partial charge on any atom is -0.457 e. The number of alkyl halides is 2. The Morgan fingerprint density at radius 1 is 1.12 bits per heavy atom. The number of likely N-dealkylation sites (tertiary alicyclic amines) is 1. The molecule has 1 saturated heterocycles. The number of aromatic nitrogens is 3. The largest absolute Gasteiger partial charge is 0.457 e.